The summed E-state index contributed by atoms with van der Waals surface area (Å²) in [5.41, 5.74) is 0.617. The Morgan fingerprint density at radius 2 is 2.30 bits per heavy atom. The fraction of sp³-hybridized carbons (Fsp3) is 0.462. The molecule has 0 atom stereocenters. The molecule has 0 bridgehead atoms. The van der Waals surface area contributed by atoms with E-state index in [1.807, 2.05) is 0 Å². The normalized spacial score (nSPS) is 20.5. The first-order chi connectivity index (χ1) is 9.67. The van der Waals surface area contributed by atoms with E-state index in [0.717, 1.165) is 31.7 Å². The zero-order valence-electron chi connectivity index (χ0n) is 10.8. The van der Waals surface area contributed by atoms with Gasteiger partial charge in [-0.05, 0) is 12.8 Å². The van der Waals surface area contributed by atoms with Crippen LogP contribution in [-0.4, -0.2) is 50.7 Å². The molecule has 2 aromatic rings. The van der Waals surface area contributed by atoms with Crippen molar-refractivity contribution in [2.24, 2.45) is 0 Å². The fourth-order valence-corrected chi connectivity index (χ4v) is 2.70. The van der Waals surface area contributed by atoms with Gasteiger partial charge in [-0.2, -0.15) is 0 Å². The molecule has 0 aromatic carbocycles. The lowest BCUT2D eigenvalue weighted by atomic mass is 10.2. The van der Waals surface area contributed by atoms with E-state index in [2.05, 4.69) is 14.9 Å². The average molecular weight is 274 g/mol. The molecule has 2 aliphatic rings. The van der Waals surface area contributed by atoms with Crippen molar-refractivity contribution in [3.8, 4) is 0 Å². The van der Waals surface area contributed by atoms with Crippen LogP contribution < -0.4 is 4.90 Å². The SMILES string of the molecule is O=C(O)c1cn2ccnc(N3CCOC4(CC4)C3)c2n1. The molecule has 1 aliphatic carbocycles. The van der Waals surface area contributed by atoms with Gasteiger partial charge in [0.05, 0.1) is 12.2 Å². The Hall–Kier alpha value is -2.15. The Kier molecular flexibility index (Phi) is 2.29. The van der Waals surface area contributed by atoms with Crippen LogP contribution in [0.3, 0.4) is 0 Å². The lowest BCUT2D eigenvalue weighted by Crippen LogP contribution is -2.44. The minimum absolute atomic E-state index is 0.00498. The van der Waals surface area contributed by atoms with E-state index in [0.29, 0.717) is 12.3 Å². The van der Waals surface area contributed by atoms with Crippen LogP contribution in [0.15, 0.2) is 18.6 Å². The second kappa shape index (κ2) is 3.92. The quantitative estimate of drug-likeness (QED) is 0.872. The van der Waals surface area contributed by atoms with Crippen molar-refractivity contribution in [2.45, 2.75) is 18.4 Å². The number of anilines is 1. The highest BCUT2D eigenvalue weighted by molar-refractivity contribution is 5.87. The molecule has 104 valence electrons. The molecule has 20 heavy (non-hydrogen) atoms. The Labute approximate surface area is 114 Å². The van der Waals surface area contributed by atoms with Gasteiger partial charge in [-0.15, -0.1) is 0 Å². The number of carbonyl (C=O) groups is 1. The summed E-state index contributed by atoms with van der Waals surface area (Å²) >= 11 is 0. The smallest absolute Gasteiger partial charge is 0.356 e. The zero-order chi connectivity index (χ0) is 13.7. The predicted octanol–water partition coefficient (Wildman–Crippen LogP) is 0.797. The van der Waals surface area contributed by atoms with Crippen LogP contribution in [0.2, 0.25) is 0 Å². The number of ether oxygens (including phenoxy) is 1. The summed E-state index contributed by atoms with van der Waals surface area (Å²) in [6.45, 7) is 2.23. The summed E-state index contributed by atoms with van der Waals surface area (Å²) in [7, 11) is 0. The Balaban J connectivity index is 1.76. The summed E-state index contributed by atoms with van der Waals surface area (Å²) in [6, 6.07) is 0. The average Bonchev–Trinajstić information content (AvgIpc) is 3.03. The van der Waals surface area contributed by atoms with Crippen molar-refractivity contribution < 1.29 is 14.6 Å². The third-order valence-electron chi connectivity index (χ3n) is 3.93. The standard InChI is InChI=1S/C13H14N4O3/c18-12(19)9-7-16-4-3-14-10(11(16)15-9)17-5-6-20-13(8-17)1-2-13/h3-4,7H,1-2,5-6,8H2,(H,18,19). The van der Waals surface area contributed by atoms with E-state index in [1.54, 1.807) is 16.8 Å². The highest BCUT2D eigenvalue weighted by Crippen LogP contribution is 2.42. The maximum Gasteiger partial charge on any atom is 0.356 e. The first-order valence-electron chi connectivity index (χ1n) is 6.63. The molecule has 7 heteroatoms. The van der Waals surface area contributed by atoms with Crippen molar-refractivity contribution in [1.82, 2.24) is 14.4 Å². The van der Waals surface area contributed by atoms with Gasteiger partial charge < -0.3 is 19.1 Å². The van der Waals surface area contributed by atoms with Crippen LogP contribution in [0.5, 0.6) is 0 Å². The molecule has 0 amide bonds. The van der Waals surface area contributed by atoms with Gasteiger partial charge in [0.15, 0.2) is 17.2 Å². The van der Waals surface area contributed by atoms with Crippen molar-refractivity contribution >= 4 is 17.4 Å². The van der Waals surface area contributed by atoms with Crippen molar-refractivity contribution in [2.75, 3.05) is 24.6 Å². The maximum absolute atomic E-state index is 11.0. The van der Waals surface area contributed by atoms with Crippen LogP contribution >= 0.6 is 0 Å². The summed E-state index contributed by atoms with van der Waals surface area (Å²) in [6.07, 6.45) is 7.06. The molecule has 7 nitrogen and oxygen atoms in total. The van der Waals surface area contributed by atoms with Crippen molar-refractivity contribution in [3.05, 3.63) is 24.3 Å². The van der Waals surface area contributed by atoms with E-state index in [-0.39, 0.29) is 11.3 Å². The van der Waals surface area contributed by atoms with Crippen LogP contribution in [-0.2, 0) is 4.74 Å². The maximum atomic E-state index is 11.0. The molecular weight excluding hydrogens is 260 g/mol. The molecule has 0 unspecified atom stereocenters. The molecule has 2 fully saturated rings. The minimum Gasteiger partial charge on any atom is -0.476 e. The second-order valence-corrected chi connectivity index (χ2v) is 5.37. The first-order valence-corrected chi connectivity index (χ1v) is 6.63. The number of fused-ring (bicyclic) bond motifs is 1. The van der Waals surface area contributed by atoms with Crippen molar-refractivity contribution in [3.63, 3.8) is 0 Å². The fourth-order valence-electron chi connectivity index (χ4n) is 2.70. The largest absolute Gasteiger partial charge is 0.476 e. The summed E-state index contributed by atoms with van der Waals surface area (Å²) in [5, 5.41) is 9.05. The molecule has 1 saturated carbocycles. The monoisotopic (exact) mass is 274 g/mol. The van der Waals surface area contributed by atoms with Gasteiger partial charge in [-0.3, -0.25) is 0 Å². The molecule has 1 N–H and O–H groups in total. The van der Waals surface area contributed by atoms with Crippen LogP contribution in [0.25, 0.3) is 5.65 Å². The van der Waals surface area contributed by atoms with E-state index in [4.69, 9.17) is 9.84 Å². The number of morpholine rings is 1. The van der Waals surface area contributed by atoms with Gasteiger partial charge in [0, 0.05) is 31.7 Å². The van der Waals surface area contributed by atoms with Gasteiger partial charge in [0.25, 0.3) is 0 Å². The number of aromatic carboxylic acids is 1. The molecule has 1 aliphatic heterocycles. The summed E-state index contributed by atoms with van der Waals surface area (Å²) in [5.74, 6) is -0.296. The molecule has 1 saturated heterocycles. The van der Waals surface area contributed by atoms with Gasteiger partial charge in [-0.1, -0.05) is 0 Å². The van der Waals surface area contributed by atoms with E-state index in [9.17, 15) is 4.79 Å². The van der Waals surface area contributed by atoms with Gasteiger partial charge in [0.1, 0.15) is 0 Å². The highest BCUT2D eigenvalue weighted by Gasteiger charge is 2.48. The highest BCUT2D eigenvalue weighted by atomic mass is 16.5. The Morgan fingerprint density at radius 1 is 1.45 bits per heavy atom. The lowest BCUT2D eigenvalue weighted by molar-refractivity contribution is 0.0204. The Morgan fingerprint density at radius 3 is 3.05 bits per heavy atom. The van der Waals surface area contributed by atoms with Crippen LogP contribution in [0.1, 0.15) is 23.3 Å². The topological polar surface area (TPSA) is 80.0 Å². The van der Waals surface area contributed by atoms with E-state index < -0.39 is 5.97 Å². The summed E-state index contributed by atoms with van der Waals surface area (Å²) in [4.78, 5) is 21.7. The first kappa shape index (κ1) is 11.7. The lowest BCUT2D eigenvalue weighted by Gasteiger charge is -2.33. The second-order valence-electron chi connectivity index (χ2n) is 5.37. The zero-order valence-corrected chi connectivity index (χ0v) is 10.8. The minimum atomic E-state index is -1.03. The number of rotatable bonds is 2. The number of carboxylic acids is 1. The molecular formula is C13H14N4O3. The number of carboxylic acid groups (broad SMARTS) is 1. The van der Waals surface area contributed by atoms with E-state index in [1.165, 1.54) is 6.20 Å². The predicted molar refractivity (Wildman–Crippen MR) is 70.1 cm³/mol. The van der Waals surface area contributed by atoms with E-state index >= 15 is 0 Å². The molecule has 4 rings (SSSR count). The number of aromatic nitrogens is 3. The molecule has 0 radical (unpaired) electrons. The number of nitrogens with zero attached hydrogens (tertiary/aromatic N) is 4. The number of imidazole rings is 1. The number of hydrogen-bond donors (Lipinski definition) is 1. The molecule has 1 spiro atoms. The Bertz CT molecular complexity index is 692. The van der Waals surface area contributed by atoms with Crippen LogP contribution in [0, 0.1) is 0 Å². The van der Waals surface area contributed by atoms with Gasteiger partial charge in [-0.25, -0.2) is 14.8 Å². The third kappa shape index (κ3) is 1.74. The van der Waals surface area contributed by atoms with Crippen molar-refractivity contribution in [1.29, 1.82) is 0 Å². The number of hydrogen-bond acceptors (Lipinski definition) is 5. The van der Waals surface area contributed by atoms with Gasteiger partial charge in [0.2, 0.25) is 0 Å². The summed E-state index contributed by atoms with van der Waals surface area (Å²) < 4.78 is 7.50. The van der Waals surface area contributed by atoms with Gasteiger partial charge >= 0.3 is 5.97 Å². The molecule has 2 aromatic heterocycles. The third-order valence-corrected chi connectivity index (χ3v) is 3.93. The van der Waals surface area contributed by atoms with Crippen LogP contribution in [0.4, 0.5) is 5.82 Å². The molecule has 3 heterocycles.